The van der Waals surface area contributed by atoms with Gasteiger partial charge in [0.15, 0.2) is 5.78 Å². The SMILES string of the molecule is Cc1ccc(C(=O)CCC(=O)NC(Cc2ccc(O)cc2)C(=O)O)cc1C. The molecule has 27 heavy (non-hydrogen) atoms. The van der Waals surface area contributed by atoms with E-state index in [1.54, 1.807) is 24.3 Å². The van der Waals surface area contributed by atoms with Crippen LogP contribution in [0.3, 0.4) is 0 Å². The Kier molecular flexibility index (Phi) is 6.71. The molecule has 1 unspecified atom stereocenters. The lowest BCUT2D eigenvalue weighted by Gasteiger charge is -2.14. The number of hydrogen-bond donors (Lipinski definition) is 3. The Balaban J connectivity index is 1.91. The third kappa shape index (κ3) is 5.95. The van der Waals surface area contributed by atoms with Crippen LogP contribution in [0, 0.1) is 13.8 Å². The second-order valence-corrected chi connectivity index (χ2v) is 6.55. The summed E-state index contributed by atoms with van der Waals surface area (Å²) in [6.45, 7) is 3.87. The summed E-state index contributed by atoms with van der Waals surface area (Å²) in [7, 11) is 0. The molecular weight excluding hydrogens is 346 g/mol. The number of benzene rings is 2. The smallest absolute Gasteiger partial charge is 0.326 e. The molecule has 6 nitrogen and oxygen atoms in total. The number of amides is 1. The maximum absolute atomic E-state index is 12.2. The van der Waals surface area contributed by atoms with E-state index in [4.69, 9.17) is 0 Å². The molecule has 0 spiro atoms. The highest BCUT2D eigenvalue weighted by Gasteiger charge is 2.21. The van der Waals surface area contributed by atoms with Crippen LogP contribution < -0.4 is 5.32 Å². The van der Waals surface area contributed by atoms with E-state index in [2.05, 4.69) is 5.32 Å². The molecule has 6 heteroatoms. The monoisotopic (exact) mass is 369 g/mol. The Hall–Kier alpha value is -3.15. The molecule has 0 heterocycles. The predicted molar refractivity (Wildman–Crippen MR) is 101 cm³/mol. The molecule has 0 saturated carbocycles. The van der Waals surface area contributed by atoms with E-state index in [0.29, 0.717) is 11.1 Å². The number of phenols is 1. The highest BCUT2D eigenvalue weighted by atomic mass is 16.4. The first kappa shape index (κ1) is 20.2. The summed E-state index contributed by atoms with van der Waals surface area (Å²) in [6, 6.07) is 10.4. The molecule has 0 saturated heterocycles. The van der Waals surface area contributed by atoms with Gasteiger partial charge in [0.25, 0.3) is 0 Å². The lowest BCUT2D eigenvalue weighted by atomic mass is 10.0. The molecule has 0 fully saturated rings. The summed E-state index contributed by atoms with van der Waals surface area (Å²) >= 11 is 0. The van der Waals surface area contributed by atoms with Crippen molar-refractivity contribution in [2.75, 3.05) is 0 Å². The van der Waals surface area contributed by atoms with Gasteiger partial charge in [-0.1, -0.05) is 24.3 Å². The molecular formula is C21H23NO5. The minimum atomic E-state index is -1.16. The van der Waals surface area contributed by atoms with Gasteiger partial charge in [0.1, 0.15) is 11.8 Å². The number of rotatable bonds is 8. The number of carbonyl (C=O) groups is 3. The summed E-state index contributed by atoms with van der Waals surface area (Å²) in [4.78, 5) is 35.7. The fourth-order valence-corrected chi connectivity index (χ4v) is 2.62. The molecule has 2 rings (SSSR count). The highest BCUT2D eigenvalue weighted by Crippen LogP contribution is 2.13. The first-order valence-electron chi connectivity index (χ1n) is 8.67. The van der Waals surface area contributed by atoms with Crippen molar-refractivity contribution >= 4 is 17.7 Å². The topological polar surface area (TPSA) is 104 Å². The van der Waals surface area contributed by atoms with E-state index >= 15 is 0 Å². The number of aliphatic carboxylic acids is 1. The molecule has 1 atom stereocenters. The number of carbonyl (C=O) groups excluding carboxylic acids is 2. The van der Waals surface area contributed by atoms with Crippen LogP contribution in [0.4, 0.5) is 0 Å². The maximum Gasteiger partial charge on any atom is 0.326 e. The van der Waals surface area contributed by atoms with Gasteiger partial charge in [-0.15, -0.1) is 0 Å². The number of carboxylic acids is 1. The van der Waals surface area contributed by atoms with Crippen LogP contribution in [0.25, 0.3) is 0 Å². The minimum absolute atomic E-state index is 0.0138. The summed E-state index contributed by atoms with van der Waals surface area (Å²) in [5, 5.41) is 21.0. The Morgan fingerprint density at radius 3 is 2.22 bits per heavy atom. The molecule has 0 aliphatic rings. The quantitative estimate of drug-likeness (QED) is 0.621. The number of Topliss-reactive ketones (excluding diaryl/α,β-unsaturated/α-hetero) is 1. The normalized spacial score (nSPS) is 11.6. The van der Waals surface area contributed by atoms with Gasteiger partial charge in [-0.3, -0.25) is 9.59 Å². The first-order valence-corrected chi connectivity index (χ1v) is 8.67. The molecule has 0 bridgehead atoms. The minimum Gasteiger partial charge on any atom is -0.508 e. The Morgan fingerprint density at radius 1 is 0.963 bits per heavy atom. The van der Waals surface area contributed by atoms with Crippen molar-refractivity contribution in [3.05, 3.63) is 64.7 Å². The highest BCUT2D eigenvalue weighted by molar-refractivity contribution is 5.98. The number of phenolic OH excluding ortho intramolecular Hbond substituents is 1. The lowest BCUT2D eigenvalue weighted by Crippen LogP contribution is -2.42. The van der Waals surface area contributed by atoms with E-state index < -0.39 is 17.9 Å². The zero-order valence-electron chi connectivity index (χ0n) is 15.4. The average Bonchev–Trinajstić information content (AvgIpc) is 2.63. The summed E-state index contributed by atoms with van der Waals surface area (Å²) in [6.07, 6.45) is 0.0253. The van der Waals surface area contributed by atoms with E-state index in [-0.39, 0.29) is 30.8 Å². The molecule has 2 aromatic carbocycles. The van der Waals surface area contributed by atoms with Crippen molar-refractivity contribution < 1.29 is 24.6 Å². The van der Waals surface area contributed by atoms with Crippen molar-refractivity contribution in [1.82, 2.24) is 5.32 Å². The Labute approximate surface area is 157 Å². The number of aryl methyl sites for hydroxylation is 2. The lowest BCUT2D eigenvalue weighted by molar-refractivity contribution is -0.141. The van der Waals surface area contributed by atoms with Crippen LogP contribution in [0.5, 0.6) is 5.75 Å². The largest absolute Gasteiger partial charge is 0.508 e. The molecule has 142 valence electrons. The van der Waals surface area contributed by atoms with Gasteiger partial charge in [0, 0.05) is 24.8 Å². The molecule has 0 aliphatic carbocycles. The van der Waals surface area contributed by atoms with E-state index in [9.17, 15) is 24.6 Å². The fraction of sp³-hybridized carbons (Fsp3) is 0.286. The number of aromatic hydroxyl groups is 1. The fourth-order valence-electron chi connectivity index (χ4n) is 2.62. The summed E-state index contributed by atoms with van der Waals surface area (Å²) < 4.78 is 0. The van der Waals surface area contributed by atoms with Crippen LogP contribution >= 0.6 is 0 Å². The molecule has 0 radical (unpaired) electrons. The van der Waals surface area contributed by atoms with Crippen molar-refractivity contribution in [2.24, 2.45) is 0 Å². The van der Waals surface area contributed by atoms with Crippen molar-refractivity contribution in [1.29, 1.82) is 0 Å². The second-order valence-electron chi connectivity index (χ2n) is 6.55. The Bertz CT molecular complexity index is 842. The first-order chi connectivity index (χ1) is 12.8. The van der Waals surface area contributed by atoms with Crippen LogP contribution in [0.2, 0.25) is 0 Å². The van der Waals surface area contributed by atoms with Crippen LogP contribution in [0.15, 0.2) is 42.5 Å². The van der Waals surface area contributed by atoms with Crippen molar-refractivity contribution in [2.45, 2.75) is 39.2 Å². The molecule has 3 N–H and O–H groups in total. The second kappa shape index (κ2) is 8.98. The van der Waals surface area contributed by atoms with Gasteiger partial charge in [0.05, 0.1) is 0 Å². The number of nitrogens with one attached hydrogen (secondary N) is 1. The van der Waals surface area contributed by atoms with Crippen molar-refractivity contribution in [3.8, 4) is 5.75 Å². The van der Waals surface area contributed by atoms with Crippen LogP contribution in [-0.2, 0) is 16.0 Å². The molecule has 1 amide bonds. The van der Waals surface area contributed by atoms with E-state index in [1.807, 2.05) is 19.9 Å². The van der Waals surface area contributed by atoms with Gasteiger partial charge in [-0.25, -0.2) is 4.79 Å². The van der Waals surface area contributed by atoms with Gasteiger partial charge < -0.3 is 15.5 Å². The maximum atomic E-state index is 12.2. The zero-order chi connectivity index (χ0) is 20.0. The average molecular weight is 369 g/mol. The van der Waals surface area contributed by atoms with Crippen molar-refractivity contribution in [3.63, 3.8) is 0 Å². The third-order valence-electron chi connectivity index (χ3n) is 4.42. The molecule has 0 aromatic heterocycles. The molecule has 0 aliphatic heterocycles. The van der Waals surface area contributed by atoms with Gasteiger partial charge in [-0.2, -0.15) is 0 Å². The van der Waals surface area contributed by atoms with E-state index in [0.717, 1.165) is 11.1 Å². The predicted octanol–water partition coefficient (Wildman–Crippen LogP) is 2.78. The van der Waals surface area contributed by atoms with Gasteiger partial charge in [0.2, 0.25) is 5.91 Å². The molecule has 2 aromatic rings. The third-order valence-corrected chi connectivity index (χ3v) is 4.42. The van der Waals surface area contributed by atoms with Gasteiger partial charge >= 0.3 is 5.97 Å². The van der Waals surface area contributed by atoms with Crippen LogP contribution in [0.1, 0.15) is 39.9 Å². The van der Waals surface area contributed by atoms with Crippen LogP contribution in [-0.4, -0.2) is 33.9 Å². The standard InChI is InChI=1S/C21H23NO5/c1-13-3-6-16(11-14(13)2)19(24)9-10-20(25)22-18(21(26)27)12-15-4-7-17(23)8-5-15/h3-8,11,18,23H,9-10,12H2,1-2H3,(H,22,25)(H,26,27). The zero-order valence-corrected chi connectivity index (χ0v) is 15.4. The Morgan fingerprint density at radius 2 is 1.63 bits per heavy atom. The number of carboxylic acid groups (broad SMARTS) is 1. The number of ketones is 1. The van der Waals surface area contributed by atoms with Gasteiger partial charge in [-0.05, 0) is 48.7 Å². The number of hydrogen-bond acceptors (Lipinski definition) is 4. The van der Waals surface area contributed by atoms with E-state index in [1.165, 1.54) is 12.1 Å². The summed E-state index contributed by atoms with van der Waals surface area (Å²) in [5.41, 5.74) is 3.31. The summed E-state index contributed by atoms with van der Waals surface area (Å²) in [5.74, 6) is -1.71.